The molecule has 0 aromatic carbocycles. The second-order valence-electron chi connectivity index (χ2n) is 11.9. The van der Waals surface area contributed by atoms with E-state index < -0.39 is 0 Å². The Kier molecular flexibility index (Phi) is 6.51. The van der Waals surface area contributed by atoms with Crippen molar-refractivity contribution in [1.29, 1.82) is 0 Å². The number of nitrogens with two attached hydrogens (primary N) is 1. The second kappa shape index (κ2) is 10.2. The Morgan fingerprint density at radius 3 is 2.83 bits per heavy atom. The zero-order chi connectivity index (χ0) is 29.1. The van der Waals surface area contributed by atoms with E-state index >= 15 is 0 Å². The minimum Gasteiger partial charge on any atom is -0.392 e. The maximum absolute atomic E-state index is 13.8. The van der Waals surface area contributed by atoms with Crippen molar-refractivity contribution in [1.82, 2.24) is 24.3 Å². The number of hydrogen-bond donors (Lipinski definition) is 3. The van der Waals surface area contributed by atoms with Crippen molar-refractivity contribution >= 4 is 23.2 Å². The normalized spacial score (nSPS) is 22.9. The van der Waals surface area contributed by atoms with Gasteiger partial charge in [-0.05, 0) is 61.6 Å². The minimum absolute atomic E-state index is 0.0945. The molecule has 11 heteroatoms. The number of hydrogen-bond acceptors (Lipinski definition) is 7. The molecule has 4 aliphatic rings. The second-order valence-corrected chi connectivity index (χ2v) is 11.9. The van der Waals surface area contributed by atoms with E-state index in [2.05, 4.69) is 30.8 Å². The molecule has 5 heterocycles. The number of pyridine rings is 2. The van der Waals surface area contributed by atoms with E-state index in [9.17, 15) is 14.7 Å². The molecule has 0 spiro atoms. The number of fused-ring (bicyclic) bond motifs is 7. The van der Waals surface area contributed by atoms with Gasteiger partial charge >= 0.3 is 0 Å². The maximum atomic E-state index is 13.8. The predicted molar refractivity (Wildman–Crippen MR) is 161 cm³/mol. The molecule has 1 saturated carbocycles. The van der Waals surface area contributed by atoms with Crippen molar-refractivity contribution in [2.75, 3.05) is 38.1 Å². The van der Waals surface area contributed by atoms with Crippen LogP contribution in [0.5, 0.6) is 0 Å². The van der Waals surface area contributed by atoms with Crippen molar-refractivity contribution in [2.24, 2.45) is 17.8 Å². The fraction of sp³-hybridized carbons (Fsp3) is 0.419. The Balaban J connectivity index is 1.24. The van der Waals surface area contributed by atoms with E-state index in [0.717, 1.165) is 25.3 Å². The third-order valence-corrected chi connectivity index (χ3v) is 9.22. The molecule has 2 fully saturated rings. The average Bonchev–Trinajstić information content (AvgIpc) is 3.69. The lowest BCUT2D eigenvalue weighted by Crippen LogP contribution is -2.41. The number of amidine groups is 1. The van der Waals surface area contributed by atoms with Gasteiger partial charge in [-0.25, -0.2) is 9.98 Å². The first-order valence-corrected chi connectivity index (χ1v) is 14.6. The van der Waals surface area contributed by atoms with Crippen molar-refractivity contribution in [2.45, 2.75) is 44.2 Å². The molecule has 42 heavy (non-hydrogen) atoms. The van der Waals surface area contributed by atoms with Gasteiger partial charge in [0.05, 0.1) is 6.61 Å². The zero-order valence-electron chi connectivity index (χ0n) is 24.0. The number of nitrogens with one attached hydrogen (secondary N) is 1. The van der Waals surface area contributed by atoms with Gasteiger partial charge in [0, 0.05) is 86.7 Å². The fourth-order valence-electron chi connectivity index (χ4n) is 7.28. The van der Waals surface area contributed by atoms with Crippen molar-refractivity contribution in [3.63, 3.8) is 0 Å². The molecule has 1 amide bonds. The lowest BCUT2D eigenvalue weighted by molar-refractivity contribution is 0.0963. The van der Waals surface area contributed by atoms with Crippen LogP contribution in [0.1, 0.15) is 58.4 Å². The third-order valence-electron chi connectivity index (χ3n) is 9.22. The summed E-state index contributed by atoms with van der Waals surface area (Å²) in [5.74, 6) is 1.71. The van der Waals surface area contributed by atoms with Crippen LogP contribution in [-0.4, -0.2) is 69.1 Å². The summed E-state index contributed by atoms with van der Waals surface area (Å²) in [6.07, 6.45) is 8.73. The van der Waals surface area contributed by atoms with Gasteiger partial charge in [-0.15, -0.1) is 0 Å². The predicted octanol–water partition coefficient (Wildman–Crippen LogP) is 2.17. The van der Waals surface area contributed by atoms with Crippen LogP contribution in [0.4, 0.5) is 11.5 Å². The molecule has 4 N–H and O–H groups in total. The number of aryl methyl sites for hydroxylation is 1. The number of amides is 1. The molecule has 0 radical (unpaired) electrons. The van der Waals surface area contributed by atoms with Gasteiger partial charge in [-0.2, -0.15) is 0 Å². The first-order valence-electron chi connectivity index (χ1n) is 14.6. The van der Waals surface area contributed by atoms with Crippen LogP contribution < -0.4 is 21.5 Å². The standard InChI is InChI=1S/C31H36N8O3/c1-36-8-7-33-21(16-36)13-27(32)35-25-12-20(15-37(2)30(25)41)22-5-6-34-29(24(22)17-40)39-10-9-38-26(31(39)42)14-23-18-3-4-19(11-18)28(23)38/h5-6,12-15,18-19,33,40H,3-4,7-11,16-17H2,1-2H3,(H2,32,35)/b21-13-/t18-,19+/m1/s1. The van der Waals surface area contributed by atoms with Gasteiger partial charge in [0.15, 0.2) is 0 Å². The number of aliphatic hydroxyl groups is 1. The summed E-state index contributed by atoms with van der Waals surface area (Å²) in [5, 5.41) is 13.9. The maximum Gasteiger partial charge on any atom is 0.276 e. The summed E-state index contributed by atoms with van der Waals surface area (Å²) in [4.78, 5) is 39.7. The molecule has 3 aromatic heterocycles. The number of carbonyl (C=O) groups is 1. The van der Waals surface area contributed by atoms with E-state index in [4.69, 9.17) is 5.73 Å². The van der Waals surface area contributed by atoms with Gasteiger partial charge < -0.3 is 25.3 Å². The number of aliphatic imine (C=N–C) groups is 1. The highest BCUT2D eigenvalue weighted by atomic mass is 16.3. The highest BCUT2D eigenvalue weighted by molar-refractivity contribution is 6.06. The number of carbonyl (C=O) groups excluding carboxylic acids is 1. The Labute approximate surface area is 244 Å². The Morgan fingerprint density at radius 2 is 2.02 bits per heavy atom. The molecular formula is C31H36N8O3. The van der Waals surface area contributed by atoms with Crippen molar-refractivity contribution < 1.29 is 9.90 Å². The SMILES string of the molecule is CN1CCN/C(=C\C(N)=Nc2cc(-c3ccnc(N4CCn5c(cc6c5[C@H]5CC[C@@H]6C5)C4=O)c3CO)cn(C)c2=O)C1. The molecule has 0 unspecified atom stereocenters. The highest BCUT2D eigenvalue weighted by Gasteiger charge is 2.43. The summed E-state index contributed by atoms with van der Waals surface area (Å²) >= 11 is 0. The largest absolute Gasteiger partial charge is 0.392 e. The van der Waals surface area contributed by atoms with Gasteiger partial charge in [0.25, 0.3) is 11.5 Å². The lowest BCUT2D eigenvalue weighted by Gasteiger charge is -2.31. The molecule has 218 valence electrons. The number of anilines is 1. The average molecular weight is 569 g/mol. The molecule has 7 rings (SSSR count). The summed E-state index contributed by atoms with van der Waals surface area (Å²) in [5.41, 5.74) is 12.4. The molecule has 2 aliphatic heterocycles. The third kappa shape index (κ3) is 4.35. The summed E-state index contributed by atoms with van der Waals surface area (Å²) in [6.45, 7) is 3.34. The van der Waals surface area contributed by atoms with E-state index in [0.29, 0.717) is 53.1 Å². The van der Waals surface area contributed by atoms with Crippen LogP contribution in [-0.2, 0) is 20.2 Å². The van der Waals surface area contributed by atoms with Crippen LogP contribution >= 0.6 is 0 Å². The summed E-state index contributed by atoms with van der Waals surface area (Å²) in [7, 11) is 3.69. The number of piperazine rings is 1. The van der Waals surface area contributed by atoms with E-state index in [-0.39, 0.29) is 29.6 Å². The fourth-order valence-corrected chi connectivity index (χ4v) is 7.28. The molecule has 1 saturated heterocycles. The van der Waals surface area contributed by atoms with Gasteiger partial charge in [-0.1, -0.05) is 0 Å². The van der Waals surface area contributed by atoms with Gasteiger partial charge in [0.1, 0.15) is 23.0 Å². The minimum atomic E-state index is -0.321. The van der Waals surface area contributed by atoms with E-state index in [1.807, 2.05) is 7.05 Å². The Morgan fingerprint density at radius 1 is 1.19 bits per heavy atom. The van der Waals surface area contributed by atoms with Crippen LogP contribution in [0.2, 0.25) is 0 Å². The number of aliphatic hydroxyl groups excluding tert-OH is 1. The Bertz CT molecular complexity index is 1720. The topological polar surface area (TPSA) is 134 Å². The quantitative estimate of drug-likeness (QED) is 0.317. The molecule has 2 bridgehead atoms. The number of likely N-dealkylation sites (N-methyl/N-ethyl adjacent to an activating group) is 1. The zero-order valence-corrected chi connectivity index (χ0v) is 24.0. The van der Waals surface area contributed by atoms with Crippen LogP contribution in [0.15, 0.2) is 52.2 Å². The summed E-state index contributed by atoms with van der Waals surface area (Å²) in [6, 6.07) is 5.56. The van der Waals surface area contributed by atoms with Crippen molar-refractivity contribution in [3.05, 3.63) is 75.2 Å². The molecule has 3 aromatic rings. The Hall–Kier alpha value is -4.22. The summed E-state index contributed by atoms with van der Waals surface area (Å²) < 4.78 is 3.68. The van der Waals surface area contributed by atoms with Crippen LogP contribution in [0.25, 0.3) is 11.1 Å². The smallest absolute Gasteiger partial charge is 0.276 e. The monoisotopic (exact) mass is 568 g/mol. The van der Waals surface area contributed by atoms with Crippen LogP contribution in [0, 0.1) is 0 Å². The van der Waals surface area contributed by atoms with E-state index in [1.54, 1.807) is 42.6 Å². The van der Waals surface area contributed by atoms with E-state index in [1.165, 1.54) is 35.1 Å². The van der Waals surface area contributed by atoms with Gasteiger partial charge in [-0.3, -0.25) is 19.4 Å². The molecule has 2 aliphatic carbocycles. The number of nitrogens with zero attached hydrogens (tertiary/aromatic N) is 6. The van der Waals surface area contributed by atoms with Gasteiger partial charge in [0.2, 0.25) is 0 Å². The highest BCUT2D eigenvalue weighted by Crippen LogP contribution is 2.54. The first kappa shape index (κ1) is 26.7. The lowest BCUT2D eigenvalue weighted by atomic mass is 9.98. The first-order chi connectivity index (χ1) is 20.3. The molecule has 2 atom stereocenters. The van der Waals surface area contributed by atoms with Crippen molar-refractivity contribution in [3.8, 4) is 11.1 Å². The number of aromatic nitrogens is 3. The van der Waals surface area contributed by atoms with Crippen LogP contribution in [0.3, 0.4) is 0 Å². The molecule has 11 nitrogen and oxygen atoms in total. The molecular weight excluding hydrogens is 532 g/mol. The number of rotatable bonds is 5.